The van der Waals surface area contributed by atoms with Crippen LogP contribution in [0.2, 0.25) is 0 Å². The van der Waals surface area contributed by atoms with E-state index in [1.165, 1.54) is 4.90 Å². The molecule has 0 fully saturated rings. The van der Waals surface area contributed by atoms with Gasteiger partial charge in [0.05, 0.1) is 12.5 Å². The minimum Gasteiger partial charge on any atom is -0.496 e. The van der Waals surface area contributed by atoms with E-state index in [0.29, 0.717) is 12.3 Å². The van der Waals surface area contributed by atoms with Gasteiger partial charge in [0.25, 0.3) is 5.91 Å². The second-order valence-corrected chi connectivity index (χ2v) is 6.63. The molecule has 0 unspecified atom stereocenters. The van der Waals surface area contributed by atoms with E-state index in [0.717, 1.165) is 11.1 Å². The number of esters is 1. The molecule has 0 saturated carbocycles. The second-order valence-electron chi connectivity index (χ2n) is 6.63. The Morgan fingerprint density at radius 3 is 2.27 bits per heavy atom. The number of ether oxygens (including phenoxy) is 2. The summed E-state index contributed by atoms with van der Waals surface area (Å²) in [5.41, 5.74) is 0.921. The number of benzene rings is 2. The summed E-state index contributed by atoms with van der Waals surface area (Å²) in [6, 6.07) is 16.9. The van der Waals surface area contributed by atoms with Crippen molar-refractivity contribution < 1.29 is 19.1 Å². The van der Waals surface area contributed by atoms with Crippen LogP contribution in [0.3, 0.4) is 0 Å². The van der Waals surface area contributed by atoms with Gasteiger partial charge in [-0.15, -0.1) is 0 Å². The van der Waals surface area contributed by atoms with Gasteiger partial charge in [0.2, 0.25) is 0 Å². The number of hydrogen-bond acceptors (Lipinski definition) is 4. The summed E-state index contributed by atoms with van der Waals surface area (Å²) in [6.45, 7) is 3.66. The smallest absolute Gasteiger partial charge is 0.316 e. The monoisotopic (exact) mass is 355 g/mol. The molecule has 0 saturated heterocycles. The number of carbonyl (C=O) groups excluding carboxylic acids is 2. The van der Waals surface area contributed by atoms with Gasteiger partial charge in [0, 0.05) is 19.2 Å². The van der Waals surface area contributed by atoms with Crippen LogP contribution in [-0.2, 0) is 26.3 Å². The van der Waals surface area contributed by atoms with Crippen LogP contribution in [-0.4, -0.2) is 37.5 Å². The molecule has 0 bridgehead atoms. The fourth-order valence-corrected chi connectivity index (χ4v) is 2.57. The Kier molecular flexibility index (Phi) is 6.39. The Morgan fingerprint density at radius 2 is 1.62 bits per heavy atom. The maximum absolute atomic E-state index is 12.4. The molecule has 0 aromatic heterocycles. The van der Waals surface area contributed by atoms with Crippen LogP contribution < -0.4 is 4.74 Å². The number of para-hydroxylation sites is 1. The topological polar surface area (TPSA) is 55.8 Å². The Hall–Kier alpha value is -2.82. The van der Waals surface area contributed by atoms with E-state index in [2.05, 4.69) is 0 Å². The average Bonchev–Trinajstić information content (AvgIpc) is 2.66. The first-order chi connectivity index (χ1) is 12.4. The molecule has 0 spiro atoms. The molecule has 0 aliphatic heterocycles. The number of likely N-dealkylation sites (N-methyl/N-ethyl adjacent to an activating group) is 1. The van der Waals surface area contributed by atoms with Gasteiger partial charge in [-0.05, 0) is 25.5 Å². The van der Waals surface area contributed by atoms with E-state index < -0.39 is 11.4 Å². The molecule has 26 heavy (non-hydrogen) atoms. The van der Waals surface area contributed by atoms with Crippen molar-refractivity contribution in [1.82, 2.24) is 4.90 Å². The van der Waals surface area contributed by atoms with Crippen molar-refractivity contribution in [2.24, 2.45) is 0 Å². The van der Waals surface area contributed by atoms with Gasteiger partial charge in [0.1, 0.15) is 5.75 Å². The predicted octanol–water partition coefficient (Wildman–Crippen LogP) is 3.17. The number of methoxy groups -OCH3 is 1. The summed E-state index contributed by atoms with van der Waals surface area (Å²) in [5.74, 6) is 0.0187. The zero-order chi connectivity index (χ0) is 19.2. The van der Waals surface area contributed by atoms with Crippen LogP contribution >= 0.6 is 0 Å². The number of amides is 1. The van der Waals surface area contributed by atoms with E-state index in [-0.39, 0.29) is 12.5 Å². The average molecular weight is 355 g/mol. The first-order valence-corrected chi connectivity index (χ1v) is 8.45. The molecule has 0 aliphatic carbocycles. The molecule has 1 amide bonds. The fraction of sp³-hybridized carbons (Fsp3) is 0.333. The van der Waals surface area contributed by atoms with Crippen molar-refractivity contribution in [2.45, 2.75) is 25.8 Å². The number of hydrogen-bond donors (Lipinski definition) is 0. The summed E-state index contributed by atoms with van der Waals surface area (Å²) >= 11 is 0. The molecular formula is C21H25NO4. The summed E-state index contributed by atoms with van der Waals surface area (Å²) in [6.07, 6.45) is 0. The van der Waals surface area contributed by atoms with Crippen molar-refractivity contribution in [3.8, 4) is 5.75 Å². The van der Waals surface area contributed by atoms with E-state index in [4.69, 9.17) is 9.47 Å². The first kappa shape index (κ1) is 19.5. The predicted molar refractivity (Wildman–Crippen MR) is 99.9 cm³/mol. The molecule has 5 nitrogen and oxygen atoms in total. The van der Waals surface area contributed by atoms with Gasteiger partial charge < -0.3 is 14.4 Å². The third-order valence-electron chi connectivity index (χ3n) is 4.36. The van der Waals surface area contributed by atoms with Crippen molar-refractivity contribution in [3.63, 3.8) is 0 Å². The SMILES string of the molecule is COc1ccccc1CN(C)C(=O)COC(=O)C(C)(C)c1ccccc1. The molecule has 0 aliphatic rings. The summed E-state index contributed by atoms with van der Waals surface area (Å²) < 4.78 is 10.6. The molecule has 2 aromatic rings. The van der Waals surface area contributed by atoms with Crippen LogP contribution in [0.25, 0.3) is 0 Å². The van der Waals surface area contributed by atoms with E-state index in [1.54, 1.807) is 28.0 Å². The van der Waals surface area contributed by atoms with Gasteiger partial charge in [0.15, 0.2) is 6.61 Å². The lowest BCUT2D eigenvalue weighted by molar-refractivity contribution is -0.155. The third-order valence-corrected chi connectivity index (χ3v) is 4.36. The highest BCUT2D eigenvalue weighted by Gasteiger charge is 2.32. The van der Waals surface area contributed by atoms with Gasteiger partial charge in [-0.3, -0.25) is 9.59 Å². The quantitative estimate of drug-likeness (QED) is 0.716. The minimum atomic E-state index is -0.817. The molecule has 138 valence electrons. The molecule has 2 rings (SSSR count). The Bertz CT molecular complexity index is 756. The molecule has 0 atom stereocenters. The van der Waals surface area contributed by atoms with Crippen molar-refractivity contribution in [1.29, 1.82) is 0 Å². The molecule has 0 heterocycles. The zero-order valence-corrected chi connectivity index (χ0v) is 15.7. The maximum atomic E-state index is 12.4. The minimum absolute atomic E-state index is 0.270. The Balaban J connectivity index is 1.94. The summed E-state index contributed by atoms with van der Waals surface area (Å²) in [5, 5.41) is 0. The summed E-state index contributed by atoms with van der Waals surface area (Å²) in [7, 11) is 3.26. The highest BCUT2D eigenvalue weighted by Crippen LogP contribution is 2.24. The molecule has 0 radical (unpaired) electrons. The maximum Gasteiger partial charge on any atom is 0.316 e. The normalized spacial score (nSPS) is 10.9. The molecule has 2 aromatic carbocycles. The number of nitrogens with zero attached hydrogens (tertiary/aromatic N) is 1. The largest absolute Gasteiger partial charge is 0.496 e. The van der Waals surface area contributed by atoms with E-state index in [1.807, 2.05) is 54.6 Å². The Morgan fingerprint density at radius 1 is 1.00 bits per heavy atom. The lowest BCUT2D eigenvalue weighted by atomic mass is 9.85. The van der Waals surface area contributed by atoms with Crippen molar-refractivity contribution in [2.75, 3.05) is 20.8 Å². The zero-order valence-electron chi connectivity index (χ0n) is 15.7. The van der Waals surface area contributed by atoms with E-state index >= 15 is 0 Å². The van der Waals surface area contributed by atoms with Crippen LogP contribution in [0.4, 0.5) is 0 Å². The lowest BCUT2D eigenvalue weighted by Crippen LogP contribution is -2.36. The van der Waals surface area contributed by atoms with Crippen LogP contribution in [0.1, 0.15) is 25.0 Å². The summed E-state index contributed by atoms with van der Waals surface area (Å²) in [4.78, 5) is 26.3. The van der Waals surface area contributed by atoms with Crippen molar-refractivity contribution in [3.05, 3.63) is 65.7 Å². The van der Waals surface area contributed by atoms with Gasteiger partial charge in [-0.25, -0.2) is 0 Å². The van der Waals surface area contributed by atoms with Gasteiger partial charge in [-0.2, -0.15) is 0 Å². The van der Waals surface area contributed by atoms with Crippen LogP contribution in [0.15, 0.2) is 54.6 Å². The van der Waals surface area contributed by atoms with E-state index in [9.17, 15) is 9.59 Å². The Labute approximate surface area is 154 Å². The molecule has 0 N–H and O–H groups in total. The highest BCUT2D eigenvalue weighted by atomic mass is 16.5. The fourth-order valence-electron chi connectivity index (χ4n) is 2.57. The van der Waals surface area contributed by atoms with Crippen LogP contribution in [0, 0.1) is 0 Å². The second kappa shape index (κ2) is 8.52. The van der Waals surface area contributed by atoms with Gasteiger partial charge in [-0.1, -0.05) is 48.5 Å². The number of rotatable bonds is 7. The molecular weight excluding hydrogens is 330 g/mol. The number of carbonyl (C=O) groups is 2. The molecule has 5 heteroatoms. The van der Waals surface area contributed by atoms with Gasteiger partial charge >= 0.3 is 5.97 Å². The first-order valence-electron chi connectivity index (χ1n) is 8.45. The van der Waals surface area contributed by atoms with Crippen LogP contribution in [0.5, 0.6) is 5.75 Å². The highest BCUT2D eigenvalue weighted by molar-refractivity contribution is 5.85. The lowest BCUT2D eigenvalue weighted by Gasteiger charge is -2.24. The third kappa shape index (κ3) is 4.63. The van der Waals surface area contributed by atoms with Crippen molar-refractivity contribution >= 4 is 11.9 Å². The standard InChI is InChI=1S/C21H25NO4/c1-21(2,17-11-6-5-7-12-17)20(24)26-15-19(23)22(3)14-16-10-8-9-13-18(16)25-4/h5-13H,14-15H2,1-4H3.